The molecule has 0 bridgehead atoms. The van der Waals surface area contributed by atoms with Crippen LogP contribution in [0.15, 0.2) is 59.9 Å². The maximum atomic E-state index is 4.22. The fourth-order valence-electron chi connectivity index (χ4n) is 4.00. The summed E-state index contributed by atoms with van der Waals surface area (Å²) < 4.78 is 0. The molecule has 2 atom stereocenters. The molecular formula is C24H40N2. The lowest BCUT2D eigenvalue weighted by Crippen LogP contribution is -2.29. The lowest BCUT2D eigenvalue weighted by molar-refractivity contribution is 0.402. The molecule has 0 amide bonds. The van der Waals surface area contributed by atoms with Crippen LogP contribution in [-0.4, -0.2) is 20.6 Å². The van der Waals surface area contributed by atoms with Crippen LogP contribution in [-0.2, 0) is 0 Å². The highest BCUT2D eigenvalue weighted by Crippen LogP contribution is 2.38. The maximum absolute atomic E-state index is 4.22. The molecular weight excluding hydrogens is 316 g/mol. The van der Waals surface area contributed by atoms with Gasteiger partial charge in [0.15, 0.2) is 0 Å². The topological polar surface area (TPSA) is 24.1 Å². The van der Waals surface area contributed by atoms with E-state index < -0.39 is 0 Å². The molecule has 0 aliphatic heterocycles. The summed E-state index contributed by atoms with van der Waals surface area (Å²) in [5, 5.41) is 6.79. The van der Waals surface area contributed by atoms with Crippen LogP contribution in [0.2, 0.25) is 0 Å². The lowest BCUT2D eigenvalue weighted by Gasteiger charge is -2.32. The van der Waals surface area contributed by atoms with Gasteiger partial charge in [-0.1, -0.05) is 50.3 Å². The molecule has 0 radical (unpaired) electrons. The van der Waals surface area contributed by atoms with Crippen molar-refractivity contribution in [1.82, 2.24) is 10.6 Å². The molecule has 26 heavy (non-hydrogen) atoms. The molecule has 2 N–H and O–H groups in total. The number of rotatable bonds is 12. The fourth-order valence-corrected chi connectivity index (χ4v) is 4.00. The smallest absolute Gasteiger partial charge is 0.00951 e. The Hall–Kier alpha value is -1.54. The van der Waals surface area contributed by atoms with Gasteiger partial charge in [0.25, 0.3) is 0 Å². The van der Waals surface area contributed by atoms with Gasteiger partial charge in [-0.3, -0.25) is 0 Å². The van der Waals surface area contributed by atoms with Crippen LogP contribution < -0.4 is 10.6 Å². The van der Waals surface area contributed by atoms with Crippen molar-refractivity contribution in [3.63, 3.8) is 0 Å². The van der Waals surface area contributed by atoms with Crippen molar-refractivity contribution in [3.8, 4) is 0 Å². The van der Waals surface area contributed by atoms with Crippen molar-refractivity contribution in [2.45, 2.75) is 59.3 Å². The fraction of sp³-hybridized carbons (Fsp3) is 0.583. The van der Waals surface area contributed by atoms with Crippen LogP contribution >= 0.6 is 0 Å². The third-order valence-corrected chi connectivity index (χ3v) is 5.32. The SMILES string of the molecule is C=CCCC(CCC1=CC(C)(CNC)CC=C1C(=C)C)/C(=C\CC)NC. The van der Waals surface area contributed by atoms with Crippen LogP contribution in [0.4, 0.5) is 0 Å². The molecule has 2 unspecified atom stereocenters. The Kier molecular flexibility index (Phi) is 9.72. The van der Waals surface area contributed by atoms with Crippen molar-refractivity contribution < 1.29 is 0 Å². The average Bonchev–Trinajstić information content (AvgIpc) is 2.60. The molecule has 146 valence electrons. The molecule has 2 heteroatoms. The van der Waals surface area contributed by atoms with Gasteiger partial charge in [-0.25, -0.2) is 0 Å². The predicted molar refractivity (Wildman–Crippen MR) is 117 cm³/mol. The summed E-state index contributed by atoms with van der Waals surface area (Å²) in [6.07, 6.45) is 15.9. The van der Waals surface area contributed by atoms with E-state index in [1.54, 1.807) is 0 Å². The van der Waals surface area contributed by atoms with E-state index in [2.05, 4.69) is 62.8 Å². The Bertz CT molecular complexity index is 565. The normalized spacial score (nSPS) is 21.7. The van der Waals surface area contributed by atoms with Gasteiger partial charge in [0.2, 0.25) is 0 Å². The second-order valence-corrected chi connectivity index (χ2v) is 7.88. The van der Waals surface area contributed by atoms with E-state index in [9.17, 15) is 0 Å². The predicted octanol–water partition coefficient (Wildman–Crippen LogP) is 5.92. The van der Waals surface area contributed by atoms with Crippen molar-refractivity contribution in [1.29, 1.82) is 0 Å². The molecule has 0 aromatic heterocycles. The summed E-state index contributed by atoms with van der Waals surface area (Å²) in [5.41, 5.74) is 5.60. The van der Waals surface area contributed by atoms with Crippen molar-refractivity contribution >= 4 is 0 Å². The van der Waals surface area contributed by atoms with Crippen LogP contribution in [0.1, 0.15) is 59.3 Å². The third kappa shape index (κ3) is 6.64. The van der Waals surface area contributed by atoms with Crippen LogP contribution in [0.25, 0.3) is 0 Å². The highest BCUT2D eigenvalue weighted by Gasteiger charge is 2.26. The molecule has 1 rings (SSSR count). The van der Waals surface area contributed by atoms with E-state index in [0.29, 0.717) is 5.92 Å². The molecule has 0 saturated heterocycles. The van der Waals surface area contributed by atoms with Gasteiger partial charge < -0.3 is 10.6 Å². The van der Waals surface area contributed by atoms with Crippen molar-refractivity contribution in [2.75, 3.05) is 20.6 Å². The minimum atomic E-state index is 0.199. The standard InChI is InChI=1S/C24H40N2/c1-8-10-12-20(23(26-7)11-9-2)13-14-21-17-24(5,18-25-6)16-15-22(21)19(3)4/h8,11,15,17,20,25-26H,1,3,9-10,12-14,16,18H2,2,4-7H3/b23-11+. The summed E-state index contributed by atoms with van der Waals surface area (Å²) in [6, 6.07) is 0. The summed E-state index contributed by atoms with van der Waals surface area (Å²) >= 11 is 0. The highest BCUT2D eigenvalue weighted by atomic mass is 14.8. The minimum absolute atomic E-state index is 0.199. The Morgan fingerprint density at radius 3 is 2.62 bits per heavy atom. The first-order chi connectivity index (χ1) is 12.4. The van der Waals surface area contributed by atoms with Gasteiger partial charge in [-0.15, -0.1) is 6.58 Å². The molecule has 1 aliphatic carbocycles. The van der Waals surface area contributed by atoms with Crippen molar-refractivity contribution in [3.05, 3.63) is 59.9 Å². The molecule has 0 aromatic carbocycles. The quantitative estimate of drug-likeness (QED) is 0.424. The average molecular weight is 357 g/mol. The number of hydrogen-bond acceptors (Lipinski definition) is 2. The maximum Gasteiger partial charge on any atom is 0.00951 e. The molecule has 2 nitrogen and oxygen atoms in total. The summed E-state index contributed by atoms with van der Waals surface area (Å²) in [7, 11) is 4.09. The first-order valence-corrected chi connectivity index (χ1v) is 10.1. The molecule has 0 fully saturated rings. The van der Waals surface area contributed by atoms with Gasteiger partial charge in [-0.05, 0) is 69.6 Å². The van der Waals surface area contributed by atoms with Crippen LogP contribution in [0.5, 0.6) is 0 Å². The summed E-state index contributed by atoms with van der Waals surface area (Å²) in [5.74, 6) is 0.558. The number of hydrogen-bond donors (Lipinski definition) is 2. The Morgan fingerprint density at radius 1 is 1.35 bits per heavy atom. The van der Waals surface area contributed by atoms with E-state index >= 15 is 0 Å². The lowest BCUT2D eigenvalue weighted by atomic mass is 9.75. The van der Waals surface area contributed by atoms with E-state index in [-0.39, 0.29) is 5.41 Å². The summed E-state index contributed by atoms with van der Waals surface area (Å²) in [4.78, 5) is 0. The van der Waals surface area contributed by atoms with Crippen molar-refractivity contribution in [2.24, 2.45) is 11.3 Å². The molecule has 0 heterocycles. The molecule has 0 spiro atoms. The zero-order valence-corrected chi connectivity index (χ0v) is 17.8. The highest BCUT2D eigenvalue weighted by molar-refractivity contribution is 5.47. The largest absolute Gasteiger partial charge is 0.391 e. The van der Waals surface area contributed by atoms with Gasteiger partial charge >= 0.3 is 0 Å². The van der Waals surface area contributed by atoms with Gasteiger partial charge in [-0.2, -0.15) is 0 Å². The molecule has 0 aromatic rings. The zero-order valence-electron chi connectivity index (χ0n) is 17.8. The first-order valence-electron chi connectivity index (χ1n) is 10.1. The minimum Gasteiger partial charge on any atom is -0.391 e. The monoisotopic (exact) mass is 356 g/mol. The van der Waals surface area contributed by atoms with E-state index in [4.69, 9.17) is 0 Å². The second-order valence-electron chi connectivity index (χ2n) is 7.88. The Balaban J connectivity index is 2.99. The second kappa shape index (κ2) is 11.2. The van der Waals surface area contributed by atoms with Gasteiger partial charge in [0, 0.05) is 24.7 Å². The van der Waals surface area contributed by atoms with Gasteiger partial charge in [0.1, 0.15) is 0 Å². The third-order valence-electron chi connectivity index (χ3n) is 5.32. The Labute approximate surface area is 162 Å². The molecule has 0 saturated carbocycles. The van der Waals surface area contributed by atoms with Gasteiger partial charge in [0.05, 0.1) is 0 Å². The van der Waals surface area contributed by atoms with E-state index in [1.165, 1.54) is 22.4 Å². The summed E-state index contributed by atoms with van der Waals surface area (Å²) in [6.45, 7) is 15.8. The van der Waals surface area contributed by atoms with Crippen LogP contribution in [0.3, 0.4) is 0 Å². The number of nitrogens with one attached hydrogen (secondary N) is 2. The number of allylic oxidation sites excluding steroid dienone is 7. The first kappa shape index (κ1) is 22.5. The molecule has 1 aliphatic rings. The zero-order chi connectivity index (χ0) is 19.6. The Morgan fingerprint density at radius 2 is 2.08 bits per heavy atom. The van der Waals surface area contributed by atoms with Crippen LogP contribution in [0, 0.1) is 11.3 Å². The van der Waals surface area contributed by atoms with E-state index in [0.717, 1.165) is 45.1 Å². The van der Waals surface area contributed by atoms with E-state index in [1.807, 2.05) is 20.2 Å².